The maximum atomic E-state index is 13.4. The molecule has 102 valence electrons. The Balaban J connectivity index is 2.11. The zero-order chi connectivity index (χ0) is 14.4. The molecule has 0 aromatic heterocycles. The van der Waals surface area contributed by atoms with Gasteiger partial charge in [-0.05, 0) is 29.8 Å². The summed E-state index contributed by atoms with van der Waals surface area (Å²) in [6.45, 7) is 0.545. The summed E-state index contributed by atoms with van der Waals surface area (Å²) in [7, 11) is 0. The zero-order valence-corrected chi connectivity index (χ0v) is 11.5. The minimum absolute atomic E-state index is 0.231. The molecule has 0 bridgehead atoms. The Morgan fingerprint density at radius 2 is 2.05 bits per heavy atom. The molecule has 2 aromatic rings. The van der Waals surface area contributed by atoms with Gasteiger partial charge in [0, 0.05) is 16.7 Å². The maximum Gasteiger partial charge on any atom is 0.128 e. The van der Waals surface area contributed by atoms with E-state index in [-0.39, 0.29) is 6.54 Å². The maximum absolute atomic E-state index is 13.4. The molecule has 0 aliphatic carbocycles. The molecule has 20 heavy (non-hydrogen) atoms. The van der Waals surface area contributed by atoms with Gasteiger partial charge in [-0.15, -0.1) is 0 Å². The van der Waals surface area contributed by atoms with Crippen LogP contribution in [0.15, 0.2) is 42.5 Å². The second kappa shape index (κ2) is 6.95. The second-order valence-electron chi connectivity index (χ2n) is 4.10. The normalized spacial score (nSPS) is 9.75. The molecule has 0 atom stereocenters. The lowest BCUT2D eigenvalue weighted by Gasteiger charge is -2.07. The Labute approximate surface area is 122 Å². The van der Waals surface area contributed by atoms with Gasteiger partial charge in [0.05, 0.1) is 6.54 Å². The van der Waals surface area contributed by atoms with Crippen molar-refractivity contribution in [3.63, 3.8) is 0 Å². The van der Waals surface area contributed by atoms with Crippen LogP contribution in [0.1, 0.15) is 11.1 Å². The van der Waals surface area contributed by atoms with Crippen molar-refractivity contribution in [2.24, 2.45) is 5.73 Å². The van der Waals surface area contributed by atoms with Crippen molar-refractivity contribution in [3.05, 3.63) is 64.4 Å². The summed E-state index contributed by atoms with van der Waals surface area (Å²) in [6.07, 6.45) is 0. The summed E-state index contributed by atoms with van der Waals surface area (Å²) >= 11 is 5.89. The molecule has 0 radical (unpaired) electrons. The largest absolute Gasteiger partial charge is 0.489 e. The van der Waals surface area contributed by atoms with Gasteiger partial charge in [-0.3, -0.25) is 0 Å². The average molecular weight is 290 g/mol. The highest BCUT2D eigenvalue weighted by Gasteiger charge is 2.01. The van der Waals surface area contributed by atoms with Crippen LogP contribution in [0.25, 0.3) is 0 Å². The first-order valence-electron chi connectivity index (χ1n) is 6.04. The Morgan fingerprint density at radius 1 is 1.20 bits per heavy atom. The summed E-state index contributed by atoms with van der Waals surface area (Å²) in [5, 5.41) is 0.639. The first-order chi connectivity index (χ1) is 9.67. The fourth-order valence-corrected chi connectivity index (χ4v) is 1.88. The lowest BCUT2D eigenvalue weighted by Crippen LogP contribution is -1.97. The Kier molecular flexibility index (Phi) is 5.00. The fourth-order valence-electron chi connectivity index (χ4n) is 1.66. The highest BCUT2D eigenvalue weighted by molar-refractivity contribution is 6.30. The van der Waals surface area contributed by atoms with E-state index in [0.29, 0.717) is 22.9 Å². The number of hydrogen-bond acceptors (Lipinski definition) is 2. The number of rotatable bonds is 3. The number of ether oxygens (including phenoxy) is 1. The first kappa shape index (κ1) is 14.4. The van der Waals surface area contributed by atoms with Crippen LogP contribution >= 0.6 is 11.6 Å². The molecule has 0 aliphatic rings. The van der Waals surface area contributed by atoms with Crippen LogP contribution in [0.4, 0.5) is 4.39 Å². The van der Waals surface area contributed by atoms with Crippen LogP contribution in [0.3, 0.4) is 0 Å². The van der Waals surface area contributed by atoms with Crippen LogP contribution < -0.4 is 10.5 Å². The van der Waals surface area contributed by atoms with Gasteiger partial charge in [0.15, 0.2) is 0 Å². The molecule has 2 aromatic carbocycles. The third kappa shape index (κ3) is 4.27. The van der Waals surface area contributed by atoms with Crippen molar-refractivity contribution >= 4 is 11.6 Å². The van der Waals surface area contributed by atoms with E-state index < -0.39 is 5.82 Å². The van der Waals surface area contributed by atoms with Gasteiger partial charge >= 0.3 is 0 Å². The van der Waals surface area contributed by atoms with Gasteiger partial charge in [0.25, 0.3) is 0 Å². The van der Waals surface area contributed by atoms with Crippen molar-refractivity contribution < 1.29 is 9.13 Å². The topological polar surface area (TPSA) is 35.2 Å². The number of hydrogen-bond donors (Lipinski definition) is 1. The molecular weight excluding hydrogens is 277 g/mol. The van der Waals surface area contributed by atoms with E-state index in [1.807, 2.05) is 12.1 Å². The van der Waals surface area contributed by atoms with E-state index in [9.17, 15) is 4.39 Å². The van der Waals surface area contributed by atoms with E-state index in [0.717, 1.165) is 5.56 Å². The van der Waals surface area contributed by atoms with Gasteiger partial charge in [0.2, 0.25) is 0 Å². The summed E-state index contributed by atoms with van der Waals surface area (Å²) < 4.78 is 19.0. The summed E-state index contributed by atoms with van der Waals surface area (Å²) in [6, 6.07) is 11.7. The minimum Gasteiger partial charge on any atom is -0.489 e. The van der Waals surface area contributed by atoms with Gasteiger partial charge in [-0.1, -0.05) is 35.6 Å². The van der Waals surface area contributed by atoms with E-state index in [2.05, 4.69) is 11.8 Å². The lowest BCUT2D eigenvalue weighted by atomic mass is 10.2. The molecule has 2 rings (SSSR count). The molecule has 0 spiro atoms. The third-order valence-electron chi connectivity index (χ3n) is 2.50. The predicted octanol–water partition coefficient (Wildman–Crippen LogP) is 3.37. The highest BCUT2D eigenvalue weighted by Crippen LogP contribution is 2.18. The average Bonchev–Trinajstić information content (AvgIpc) is 2.42. The van der Waals surface area contributed by atoms with Crippen LogP contribution in [0, 0.1) is 17.7 Å². The quantitative estimate of drug-likeness (QED) is 0.879. The molecule has 0 saturated heterocycles. The van der Waals surface area contributed by atoms with Crippen molar-refractivity contribution in [1.82, 2.24) is 0 Å². The van der Waals surface area contributed by atoms with E-state index in [1.54, 1.807) is 18.2 Å². The molecule has 0 heterocycles. The van der Waals surface area contributed by atoms with E-state index >= 15 is 0 Å². The van der Waals surface area contributed by atoms with Crippen molar-refractivity contribution in [2.45, 2.75) is 6.61 Å². The van der Waals surface area contributed by atoms with Crippen LogP contribution in [0.5, 0.6) is 5.75 Å². The molecular formula is C16H13ClFNO. The van der Waals surface area contributed by atoms with Crippen LogP contribution in [0.2, 0.25) is 5.02 Å². The first-order valence-corrected chi connectivity index (χ1v) is 6.42. The van der Waals surface area contributed by atoms with E-state index in [1.165, 1.54) is 12.1 Å². The van der Waals surface area contributed by atoms with Gasteiger partial charge < -0.3 is 10.5 Å². The van der Waals surface area contributed by atoms with Gasteiger partial charge in [-0.25, -0.2) is 4.39 Å². The van der Waals surface area contributed by atoms with E-state index in [4.69, 9.17) is 22.1 Å². The summed E-state index contributed by atoms with van der Waals surface area (Å²) in [5.41, 5.74) is 6.74. The minimum atomic E-state index is -0.394. The van der Waals surface area contributed by atoms with Gasteiger partial charge in [0.1, 0.15) is 18.2 Å². The molecule has 4 heteroatoms. The predicted molar refractivity (Wildman–Crippen MR) is 78.1 cm³/mol. The number of nitrogens with two attached hydrogens (primary N) is 1. The van der Waals surface area contributed by atoms with Crippen molar-refractivity contribution in [3.8, 4) is 17.6 Å². The fraction of sp³-hybridized carbons (Fsp3) is 0.125. The van der Waals surface area contributed by atoms with Crippen LogP contribution in [-0.2, 0) is 6.61 Å². The SMILES string of the molecule is NCC#Cc1cc(F)cc(OCc2cccc(Cl)c2)c1. The number of benzene rings is 2. The van der Waals surface area contributed by atoms with Gasteiger partial charge in [-0.2, -0.15) is 0 Å². The molecule has 0 aliphatic heterocycles. The Hall–Kier alpha value is -2.02. The molecule has 0 amide bonds. The molecule has 0 fully saturated rings. The van der Waals surface area contributed by atoms with Crippen LogP contribution in [-0.4, -0.2) is 6.54 Å². The zero-order valence-electron chi connectivity index (χ0n) is 10.7. The Morgan fingerprint density at radius 3 is 2.80 bits per heavy atom. The lowest BCUT2D eigenvalue weighted by molar-refractivity contribution is 0.304. The third-order valence-corrected chi connectivity index (χ3v) is 2.74. The monoisotopic (exact) mass is 289 g/mol. The Bertz CT molecular complexity index is 661. The number of halogens is 2. The summed E-state index contributed by atoms with van der Waals surface area (Å²) in [4.78, 5) is 0. The second-order valence-corrected chi connectivity index (χ2v) is 4.54. The summed E-state index contributed by atoms with van der Waals surface area (Å²) in [5.74, 6) is 5.48. The molecule has 2 nitrogen and oxygen atoms in total. The highest BCUT2D eigenvalue weighted by atomic mass is 35.5. The van der Waals surface area contributed by atoms with Crippen molar-refractivity contribution in [1.29, 1.82) is 0 Å². The molecule has 0 saturated carbocycles. The smallest absolute Gasteiger partial charge is 0.128 e. The molecule has 0 unspecified atom stereocenters. The molecule has 2 N–H and O–H groups in total. The van der Waals surface area contributed by atoms with Crippen molar-refractivity contribution in [2.75, 3.05) is 6.54 Å². The standard InChI is InChI=1S/C16H13ClFNO/c17-14-5-1-3-13(7-14)11-20-16-9-12(4-2-6-19)8-15(18)10-16/h1,3,5,7-10H,6,11,19H2.